The van der Waals surface area contributed by atoms with Crippen LogP contribution >= 0.6 is 0 Å². The van der Waals surface area contributed by atoms with Crippen molar-refractivity contribution >= 4 is 11.6 Å². The number of ether oxygens (including phenoxy) is 1. The average Bonchev–Trinajstić information content (AvgIpc) is 2.46. The highest BCUT2D eigenvalue weighted by Crippen LogP contribution is 2.46. The predicted octanol–water partition coefficient (Wildman–Crippen LogP) is 0.284. The van der Waals surface area contributed by atoms with Crippen LogP contribution in [0.5, 0.6) is 0 Å². The number of Topliss-reactive ketones (excluding diaryl/α,β-unsaturated/α-hetero) is 2. The first kappa shape index (κ1) is 14.2. The lowest BCUT2D eigenvalue weighted by Gasteiger charge is -2.49. The van der Waals surface area contributed by atoms with E-state index >= 15 is 0 Å². The van der Waals surface area contributed by atoms with Gasteiger partial charge in [0.1, 0.15) is 11.6 Å². The van der Waals surface area contributed by atoms with Gasteiger partial charge >= 0.3 is 0 Å². The number of carbonyl (C=O) groups excluding carboxylic acids is 2. The Balaban J connectivity index is 1.94. The molecule has 20 heavy (non-hydrogen) atoms. The fraction of sp³-hybridized carbons (Fsp3) is 0.867. The van der Waals surface area contributed by atoms with Crippen molar-refractivity contribution in [3.8, 4) is 0 Å². The maximum atomic E-state index is 12.8. The number of nitrogens with two attached hydrogens (primary N) is 1. The van der Waals surface area contributed by atoms with Crippen LogP contribution in [0.1, 0.15) is 32.1 Å². The molecule has 5 nitrogen and oxygen atoms in total. The summed E-state index contributed by atoms with van der Waals surface area (Å²) in [5.41, 5.74) is 6.17. The molecule has 3 fully saturated rings. The maximum absolute atomic E-state index is 12.8. The number of aliphatic hydroxyl groups excluding tert-OH is 1. The molecule has 7 unspecified atom stereocenters. The molecule has 0 saturated heterocycles. The Hall–Kier alpha value is -0.780. The Morgan fingerprint density at radius 1 is 1.10 bits per heavy atom. The van der Waals surface area contributed by atoms with E-state index in [-0.39, 0.29) is 29.5 Å². The third-order valence-corrected chi connectivity index (χ3v) is 5.58. The van der Waals surface area contributed by atoms with Gasteiger partial charge in [-0.2, -0.15) is 0 Å². The van der Waals surface area contributed by atoms with Crippen LogP contribution in [-0.2, 0) is 14.3 Å². The van der Waals surface area contributed by atoms with E-state index in [0.29, 0.717) is 6.42 Å². The highest BCUT2D eigenvalue weighted by molar-refractivity contribution is 6.00. The molecule has 3 aliphatic rings. The summed E-state index contributed by atoms with van der Waals surface area (Å²) in [6.07, 6.45) is 2.78. The van der Waals surface area contributed by atoms with Gasteiger partial charge in [-0.05, 0) is 12.8 Å². The minimum Gasteiger partial charge on any atom is -0.392 e. The van der Waals surface area contributed by atoms with Crippen molar-refractivity contribution in [1.29, 1.82) is 0 Å². The second-order valence-corrected chi connectivity index (χ2v) is 6.51. The molecule has 3 saturated carbocycles. The molecule has 0 amide bonds. The van der Waals surface area contributed by atoms with Crippen LogP contribution in [0.4, 0.5) is 0 Å². The second-order valence-electron chi connectivity index (χ2n) is 6.51. The molecule has 5 heteroatoms. The van der Waals surface area contributed by atoms with Crippen LogP contribution in [0.25, 0.3) is 0 Å². The molecular formula is C15H23NO4. The monoisotopic (exact) mass is 281 g/mol. The zero-order valence-electron chi connectivity index (χ0n) is 11.8. The first-order chi connectivity index (χ1) is 9.56. The predicted molar refractivity (Wildman–Crippen MR) is 71.8 cm³/mol. The van der Waals surface area contributed by atoms with Gasteiger partial charge in [0, 0.05) is 37.3 Å². The molecule has 7 atom stereocenters. The van der Waals surface area contributed by atoms with Crippen LogP contribution in [0.15, 0.2) is 0 Å². The molecule has 0 heterocycles. The summed E-state index contributed by atoms with van der Waals surface area (Å²) in [6, 6.07) is -0.479. The topological polar surface area (TPSA) is 89.6 Å². The lowest BCUT2D eigenvalue weighted by atomic mass is 9.56. The molecule has 0 aromatic rings. The summed E-state index contributed by atoms with van der Waals surface area (Å²) in [7, 11) is 1.54. The number of hydrogen-bond donors (Lipinski definition) is 2. The van der Waals surface area contributed by atoms with Crippen LogP contribution in [0.3, 0.4) is 0 Å². The lowest BCUT2D eigenvalue weighted by Crippen LogP contribution is -2.64. The first-order valence-corrected chi connectivity index (χ1v) is 7.60. The largest absolute Gasteiger partial charge is 0.392 e. The minimum absolute atomic E-state index is 0.0665. The highest BCUT2D eigenvalue weighted by atomic mass is 16.5. The zero-order valence-corrected chi connectivity index (χ0v) is 11.8. The van der Waals surface area contributed by atoms with E-state index in [4.69, 9.17) is 10.5 Å². The normalized spacial score (nSPS) is 48.6. The van der Waals surface area contributed by atoms with Crippen molar-refractivity contribution in [3.63, 3.8) is 0 Å². The molecular weight excluding hydrogens is 258 g/mol. The van der Waals surface area contributed by atoms with Crippen molar-refractivity contribution in [1.82, 2.24) is 0 Å². The third kappa shape index (κ3) is 1.95. The van der Waals surface area contributed by atoms with E-state index in [2.05, 4.69) is 0 Å². The van der Waals surface area contributed by atoms with Gasteiger partial charge in [0.25, 0.3) is 0 Å². The Labute approximate surface area is 118 Å². The number of hydrogen-bond acceptors (Lipinski definition) is 5. The van der Waals surface area contributed by atoms with Gasteiger partial charge < -0.3 is 15.6 Å². The SMILES string of the molecule is COC1CC(O)C2C(=O)C3CCCCC3C(=O)C2C1N. The summed E-state index contributed by atoms with van der Waals surface area (Å²) >= 11 is 0. The summed E-state index contributed by atoms with van der Waals surface area (Å²) in [5.74, 6) is -1.37. The van der Waals surface area contributed by atoms with Gasteiger partial charge in [-0.1, -0.05) is 12.8 Å². The van der Waals surface area contributed by atoms with E-state index in [1.807, 2.05) is 0 Å². The molecule has 0 radical (unpaired) electrons. The summed E-state index contributed by atoms with van der Waals surface area (Å²) in [4.78, 5) is 25.4. The lowest BCUT2D eigenvalue weighted by molar-refractivity contribution is -0.163. The van der Waals surface area contributed by atoms with Crippen LogP contribution in [0.2, 0.25) is 0 Å². The van der Waals surface area contributed by atoms with Gasteiger partial charge in [-0.25, -0.2) is 0 Å². The van der Waals surface area contributed by atoms with E-state index < -0.39 is 24.0 Å². The average molecular weight is 281 g/mol. The maximum Gasteiger partial charge on any atom is 0.143 e. The molecule has 0 aliphatic heterocycles. The van der Waals surface area contributed by atoms with Crippen molar-refractivity contribution in [2.45, 2.75) is 50.4 Å². The molecule has 3 N–H and O–H groups in total. The summed E-state index contributed by atoms with van der Waals surface area (Å²) in [5, 5.41) is 10.3. The Bertz CT molecular complexity index is 424. The Morgan fingerprint density at radius 3 is 2.20 bits per heavy atom. The van der Waals surface area contributed by atoms with E-state index in [1.165, 1.54) is 7.11 Å². The number of ketones is 2. The number of carbonyl (C=O) groups is 2. The molecule has 112 valence electrons. The fourth-order valence-corrected chi connectivity index (χ4v) is 4.54. The summed E-state index contributed by atoms with van der Waals surface area (Å²) < 4.78 is 5.29. The van der Waals surface area contributed by atoms with Crippen LogP contribution in [0, 0.1) is 23.7 Å². The smallest absolute Gasteiger partial charge is 0.143 e. The molecule has 0 bridgehead atoms. The zero-order chi connectivity index (χ0) is 14.4. The van der Waals surface area contributed by atoms with Crippen LogP contribution < -0.4 is 5.73 Å². The molecule has 3 aliphatic carbocycles. The van der Waals surface area contributed by atoms with Gasteiger partial charge in [0.15, 0.2) is 0 Å². The summed E-state index contributed by atoms with van der Waals surface area (Å²) in [6.45, 7) is 0. The molecule has 0 spiro atoms. The van der Waals surface area contributed by atoms with Gasteiger partial charge in [0.05, 0.1) is 18.1 Å². The quantitative estimate of drug-likeness (QED) is 0.721. The van der Waals surface area contributed by atoms with E-state index in [9.17, 15) is 14.7 Å². The number of methoxy groups -OCH3 is 1. The van der Waals surface area contributed by atoms with E-state index in [0.717, 1.165) is 25.7 Å². The van der Waals surface area contributed by atoms with Crippen molar-refractivity contribution in [2.24, 2.45) is 29.4 Å². The minimum atomic E-state index is -0.802. The second kappa shape index (κ2) is 5.20. The van der Waals surface area contributed by atoms with Gasteiger partial charge in [-0.3, -0.25) is 9.59 Å². The Morgan fingerprint density at radius 2 is 1.65 bits per heavy atom. The highest BCUT2D eigenvalue weighted by Gasteiger charge is 2.57. The first-order valence-electron chi connectivity index (χ1n) is 7.60. The fourth-order valence-electron chi connectivity index (χ4n) is 4.54. The van der Waals surface area contributed by atoms with Gasteiger partial charge in [0.2, 0.25) is 0 Å². The van der Waals surface area contributed by atoms with Crippen molar-refractivity contribution < 1.29 is 19.4 Å². The van der Waals surface area contributed by atoms with Crippen molar-refractivity contribution in [3.05, 3.63) is 0 Å². The van der Waals surface area contributed by atoms with Gasteiger partial charge in [-0.15, -0.1) is 0 Å². The Kier molecular flexibility index (Phi) is 3.69. The van der Waals surface area contributed by atoms with E-state index in [1.54, 1.807) is 0 Å². The molecule has 0 aromatic carbocycles. The van der Waals surface area contributed by atoms with Crippen molar-refractivity contribution in [2.75, 3.05) is 7.11 Å². The number of rotatable bonds is 1. The number of fused-ring (bicyclic) bond motifs is 2. The van der Waals surface area contributed by atoms with Crippen LogP contribution in [-0.4, -0.2) is 42.0 Å². The molecule has 0 aromatic heterocycles. The third-order valence-electron chi connectivity index (χ3n) is 5.58. The standard InChI is InChI=1S/C15H23NO4/c1-20-10-6-9(17)11-12(13(10)16)15(19)8-5-3-2-4-7(8)14(11)18/h7-13,17H,2-6,16H2,1H3. The number of aliphatic hydroxyl groups is 1. The molecule has 3 rings (SSSR count).